The smallest absolute Gasteiger partial charge is 0.220 e. The van der Waals surface area contributed by atoms with E-state index in [1.54, 1.807) is 0 Å². The minimum atomic E-state index is 0.144. The van der Waals surface area contributed by atoms with Gasteiger partial charge in [0.1, 0.15) is 5.75 Å². The van der Waals surface area contributed by atoms with Crippen LogP contribution in [0.15, 0.2) is 24.3 Å². The van der Waals surface area contributed by atoms with Crippen molar-refractivity contribution in [3.05, 3.63) is 29.8 Å². The zero-order valence-corrected chi connectivity index (χ0v) is 19.8. The number of nitrogens with one attached hydrogen (secondary N) is 1. The maximum absolute atomic E-state index is 12.6. The van der Waals surface area contributed by atoms with Crippen molar-refractivity contribution < 1.29 is 14.6 Å². The second-order valence-electron chi connectivity index (χ2n) is 9.08. The summed E-state index contributed by atoms with van der Waals surface area (Å²) in [5, 5.41) is 12.2. The lowest BCUT2D eigenvalue weighted by molar-refractivity contribution is -0.122. The molecule has 1 heterocycles. The lowest BCUT2D eigenvalue weighted by Gasteiger charge is -2.25. The molecule has 176 valence electrons. The molecule has 0 aromatic heterocycles. The van der Waals surface area contributed by atoms with Gasteiger partial charge in [-0.25, -0.2) is 0 Å². The van der Waals surface area contributed by atoms with E-state index in [9.17, 15) is 4.79 Å². The summed E-state index contributed by atoms with van der Waals surface area (Å²) in [7, 11) is 0. The molecule has 2 atom stereocenters. The summed E-state index contributed by atoms with van der Waals surface area (Å²) >= 11 is 0. The molecule has 2 unspecified atom stereocenters. The first-order valence-corrected chi connectivity index (χ1v) is 12.5. The minimum Gasteiger partial charge on any atom is -0.491 e. The quantitative estimate of drug-likeness (QED) is 0.371. The van der Waals surface area contributed by atoms with Gasteiger partial charge in [-0.05, 0) is 76.2 Å². The fourth-order valence-corrected chi connectivity index (χ4v) is 4.35. The Labute approximate surface area is 189 Å². The van der Waals surface area contributed by atoms with E-state index in [0.717, 1.165) is 76.8 Å². The van der Waals surface area contributed by atoms with Gasteiger partial charge in [-0.2, -0.15) is 0 Å². The van der Waals surface area contributed by atoms with E-state index >= 15 is 0 Å². The molecule has 1 amide bonds. The lowest BCUT2D eigenvalue weighted by Crippen LogP contribution is -2.44. The Balaban J connectivity index is 1.83. The largest absolute Gasteiger partial charge is 0.491 e. The summed E-state index contributed by atoms with van der Waals surface area (Å²) in [6.07, 6.45) is 11.4. The number of unbranched alkanes of at least 4 members (excludes halogenated alkanes) is 4. The molecule has 0 bridgehead atoms. The number of hydrogen-bond donors (Lipinski definition) is 2. The molecular formula is C26H44N2O3. The van der Waals surface area contributed by atoms with Crippen molar-refractivity contribution in [2.45, 2.75) is 96.6 Å². The SMILES string of the molecule is CCCC(C)Oc1ccc(CC(CN2CCCC2)NC(=O)CCCCCCCO)cc1. The van der Waals surface area contributed by atoms with Crippen molar-refractivity contribution in [1.82, 2.24) is 10.2 Å². The number of benzene rings is 1. The molecule has 1 aromatic carbocycles. The third-order valence-electron chi connectivity index (χ3n) is 6.04. The Morgan fingerprint density at radius 3 is 2.45 bits per heavy atom. The van der Waals surface area contributed by atoms with Gasteiger partial charge in [0, 0.05) is 25.6 Å². The number of likely N-dealkylation sites (tertiary alicyclic amines) is 1. The van der Waals surface area contributed by atoms with Crippen molar-refractivity contribution in [3.8, 4) is 5.75 Å². The highest BCUT2D eigenvalue weighted by atomic mass is 16.5. The fourth-order valence-electron chi connectivity index (χ4n) is 4.35. The normalized spacial score (nSPS) is 16.2. The number of aliphatic hydroxyl groups excluding tert-OH is 1. The minimum absolute atomic E-state index is 0.144. The number of nitrogens with zero attached hydrogens (tertiary/aromatic N) is 1. The summed E-state index contributed by atoms with van der Waals surface area (Å²) in [5.74, 6) is 1.09. The highest BCUT2D eigenvalue weighted by molar-refractivity contribution is 5.76. The molecule has 0 aliphatic carbocycles. The van der Waals surface area contributed by atoms with Crippen molar-refractivity contribution in [2.75, 3.05) is 26.2 Å². The van der Waals surface area contributed by atoms with Gasteiger partial charge >= 0.3 is 0 Å². The topological polar surface area (TPSA) is 61.8 Å². The molecule has 1 saturated heterocycles. The molecule has 0 spiro atoms. The van der Waals surface area contributed by atoms with Crippen LogP contribution in [-0.4, -0.2) is 54.3 Å². The van der Waals surface area contributed by atoms with Gasteiger partial charge in [-0.15, -0.1) is 0 Å². The predicted octanol–water partition coefficient (Wildman–Crippen LogP) is 4.71. The number of carbonyl (C=O) groups is 1. The van der Waals surface area contributed by atoms with Crippen LogP contribution in [0.2, 0.25) is 0 Å². The highest BCUT2D eigenvalue weighted by Crippen LogP contribution is 2.17. The van der Waals surface area contributed by atoms with Gasteiger partial charge in [0.15, 0.2) is 0 Å². The van der Waals surface area contributed by atoms with Gasteiger partial charge in [-0.3, -0.25) is 4.79 Å². The average molecular weight is 433 g/mol. The van der Waals surface area contributed by atoms with Crippen LogP contribution in [0.3, 0.4) is 0 Å². The average Bonchev–Trinajstić information content (AvgIpc) is 3.25. The number of rotatable bonds is 16. The number of amides is 1. The number of aliphatic hydroxyl groups is 1. The molecule has 5 nitrogen and oxygen atoms in total. The van der Waals surface area contributed by atoms with Crippen LogP contribution in [0.4, 0.5) is 0 Å². The molecule has 2 rings (SSSR count). The van der Waals surface area contributed by atoms with Crippen LogP contribution in [-0.2, 0) is 11.2 Å². The van der Waals surface area contributed by atoms with Crippen LogP contribution < -0.4 is 10.1 Å². The Morgan fingerprint density at radius 1 is 1.10 bits per heavy atom. The first kappa shape index (κ1) is 25.7. The monoisotopic (exact) mass is 432 g/mol. The van der Waals surface area contributed by atoms with Gasteiger partial charge < -0.3 is 20.1 Å². The molecule has 0 radical (unpaired) electrons. The van der Waals surface area contributed by atoms with Crippen molar-refractivity contribution >= 4 is 5.91 Å². The number of ether oxygens (including phenoxy) is 1. The van der Waals surface area contributed by atoms with Crippen LogP contribution in [0, 0.1) is 0 Å². The second-order valence-corrected chi connectivity index (χ2v) is 9.08. The first-order chi connectivity index (χ1) is 15.1. The van der Waals surface area contributed by atoms with E-state index in [0.29, 0.717) is 6.42 Å². The summed E-state index contributed by atoms with van der Waals surface area (Å²) < 4.78 is 5.97. The maximum Gasteiger partial charge on any atom is 0.220 e. The van der Waals surface area contributed by atoms with E-state index in [1.807, 2.05) is 0 Å². The van der Waals surface area contributed by atoms with Crippen LogP contribution >= 0.6 is 0 Å². The van der Waals surface area contributed by atoms with Gasteiger partial charge in [-0.1, -0.05) is 44.7 Å². The molecule has 1 aromatic rings. The predicted molar refractivity (Wildman–Crippen MR) is 128 cm³/mol. The standard InChI is InChI=1S/C26H44N2O3/c1-3-11-22(2)31-25-15-13-23(14-16-25)20-24(21-28-17-8-9-18-28)27-26(30)12-7-5-4-6-10-19-29/h13-16,22,24,29H,3-12,17-21H2,1-2H3,(H,27,30). The summed E-state index contributed by atoms with van der Waals surface area (Å²) in [4.78, 5) is 15.0. The Bertz CT molecular complexity index is 599. The van der Waals surface area contributed by atoms with Crippen LogP contribution in [0.1, 0.15) is 83.6 Å². The van der Waals surface area contributed by atoms with Crippen LogP contribution in [0.25, 0.3) is 0 Å². The van der Waals surface area contributed by atoms with Crippen molar-refractivity contribution in [1.29, 1.82) is 0 Å². The summed E-state index contributed by atoms with van der Waals surface area (Å²) in [6.45, 7) is 7.76. The molecular weight excluding hydrogens is 388 g/mol. The van der Waals surface area contributed by atoms with E-state index < -0.39 is 0 Å². The van der Waals surface area contributed by atoms with Gasteiger partial charge in [0.2, 0.25) is 5.91 Å². The van der Waals surface area contributed by atoms with Gasteiger partial charge in [0.05, 0.1) is 6.10 Å². The van der Waals surface area contributed by atoms with E-state index in [-0.39, 0.29) is 24.7 Å². The number of hydrogen-bond acceptors (Lipinski definition) is 4. The molecule has 1 fully saturated rings. The van der Waals surface area contributed by atoms with E-state index in [2.05, 4.69) is 48.3 Å². The van der Waals surface area contributed by atoms with E-state index in [1.165, 1.54) is 18.4 Å². The number of carbonyl (C=O) groups excluding carboxylic acids is 1. The fraction of sp³-hybridized carbons (Fsp3) is 0.731. The van der Waals surface area contributed by atoms with Gasteiger partial charge in [0.25, 0.3) is 0 Å². The molecule has 0 saturated carbocycles. The lowest BCUT2D eigenvalue weighted by atomic mass is 10.0. The zero-order valence-electron chi connectivity index (χ0n) is 19.8. The molecule has 1 aliphatic heterocycles. The third kappa shape index (κ3) is 11.0. The molecule has 5 heteroatoms. The molecule has 2 N–H and O–H groups in total. The van der Waals surface area contributed by atoms with Crippen LogP contribution in [0.5, 0.6) is 5.75 Å². The highest BCUT2D eigenvalue weighted by Gasteiger charge is 2.19. The van der Waals surface area contributed by atoms with Crippen molar-refractivity contribution in [2.24, 2.45) is 0 Å². The van der Waals surface area contributed by atoms with E-state index in [4.69, 9.17) is 9.84 Å². The zero-order chi connectivity index (χ0) is 22.3. The Hall–Kier alpha value is -1.59. The first-order valence-electron chi connectivity index (χ1n) is 12.5. The third-order valence-corrected chi connectivity index (χ3v) is 6.04. The Morgan fingerprint density at radius 2 is 1.77 bits per heavy atom. The summed E-state index contributed by atoms with van der Waals surface area (Å²) in [6, 6.07) is 8.53. The maximum atomic E-state index is 12.6. The second kappa shape index (κ2) is 15.3. The van der Waals surface area contributed by atoms with Crippen molar-refractivity contribution in [3.63, 3.8) is 0 Å². The molecule has 1 aliphatic rings. The molecule has 31 heavy (non-hydrogen) atoms. The Kier molecular flexibility index (Phi) is 12.6. The summed E-state index contributed by atoms with van der Waals surface area (Å²) in [5.41, 5.74) is 1.24.